The fourth-order valence-corrected chi connectivity index (χ4v) is 2.55. The first-order valence-corrected chi connectivity index (χ1v) is 7.55. The SMILES string of the molecule is CCCNC(=O)CNC(=O)NCC1CCCCC1C(=O)O. The number of urea groups is 1. The molecule has 0 saturated heterocycles. The van der Waals surface area contributed by atoms with Gasteiger partial charge >= 0.3 is 12.0 Å². The Morgan fingerprint density at radius 1 is 1.10 bits per heavy atom. The average molecular weight is 299 g/mol. The average Bonchev–Trinajstić information content (AvgIpc) is 2.48. The number of carboxylic acid groups (broad SMARTS) is 1. The number of carbonyl (C=O) groups is 3. The zero-order valence-electron chi connectivity index (χ0n) is 12.5. The molecule has 3 amide bonds. The summed E-state index contributed by atoms with van der Waals surface area (Å²) < 4.78 is 0. The van der Waals surface area contributed by atoms with Crippen molar-refractivity contribution in [3.63, 3.8) is 0 Å². The van der Waals surface area contributed by atoms with Crippen LogP contribution in [-0.2, 0) is 9.59 Å². The molecule has 21 heavy (non-hydrogen) atoms. The fraction of sp³-hybridized carbons (Fsp3) is 0.786. The minimum atomic E-state index is -0.791. The molecule has 2 atom stereocenters. The largest absolute Gasteiger partial charge is 0.481 e. The number of carbonyl (C=O) groups excluding carboxylic acids is 2. The van der Waals surface area contributed by atoms with E-state index in [4.69, 9.17) is 5.11 Å². The second kappa shape index (κ2) is 9.20. The molecule has 1 aliphatic rings. The van der Waals surface area contributed by atoms with E-state index in [0.29, 0.717) is 19.5 Å². The Kier molecular flexibility index (Phi) is 7.56. The third-order valence-corrected chi connectivity index (χ3v) is 3.73. The number of nitrogens with one attached hydrogen (secondary N) is 3. The highest BCUT2D eigenvalue weighted by molar-refractivity contribution is 5.83. The summed E-state index contributed by atoms with van der Waals surface area (Å²) in [7, 11) is 0. The van der Waals surface area contributed by atoms with Crippen molar-refractivity contribution in [2.24, 2.45) is 11.8 Å². The first kappa shape index (κ1) is 17.3. The van der Waals surface area contributed by atoms with Crippen LogP contribution in [0.25, 0.3) is 0 Å². The Bertz CT molecular complexity index is 373. The molecule has 0 spiro atoms. The Morgan fingerprint density at radius 3 is 2.48 bits per heavy atom. The predicted octanol–water partition coefficient (Wildman–Crippen LogP) is 0.703. The van der Waals surface area contributed by atoms with Crippen molar-refractivity contribution in [2.75, 3.05) is 19.6 Å². The molecule has 0 heterocycles. The second-order valence-corrected chi connectivity index (χ2v) is 5.40. The van der Waals surface area contributed by atoms with Crippen LogP contribution in [0.3, 0.4) is 0 Å². The number of hydrogen-bond donors (Lipinski definition) is 4. The summed E-state index contributed by atoms with van der Waals surface area (Å²) in [4.78, 5) is 34.1. The lowest BCUT2D eigenvalue weighted by Crippen LogP contribution is -2.45. The van der Waals surface area contributed by atoms with Crippen LogP contribution in [0, 0.1) is 11.8 Å². The summed E-state index contributed by atoms with van der Waals surface area (Å²) in [6, 6.07) is -0.434. The summed E-state index contributed by atoms with van der Waals surface area (Å²) in [6.07, 6.45) is 4.25. The Labute approximate surface area is 124 Å². The molecule has 120 valence electrons. The molecule has 1 fully saturated rings. The minimum absolute atomic E-state index is 0.0316. The molecular formula is C14H25N3O4. The maximum absolute atomic E-state index is 11.6. The zero-order chi connectivity index (χ0) is 15.7. The van der Waals surface area contributed by atoms with Crippen LogP contribution in [0.4, 0.5) is 4.79 Å². The van der Waals surface area contributed by atoms with Crippen LogP contribution in [0.5, 0.6) is 0 Å². The van der Waals surface area contributed by atoms with Gasteiger partial charge in [0.1, 0.15) is 0 Å². The molecule has 2 unspecified atom stereocenters. The number of amides is 3. The molecule has 0 radical (unpaired) electrons. The van der Waals surface area contributed by atoms with Crippen LogP contribution in [0.1, 0.15) is 39.0 Å². The molecule has 1 rings (SSSR count). The van der Waals surface area contributed by atoms with Crippen molar-refractivity contribution in [3.05, 3.63) is 0 Å². The highest BCUT2D eigenvalue weighted by Crippen LogP contribution is 2.29. The summed E-state index contributed by atoms with van der Waals surface area (Å²) in [6.45, 7) is 2.80. The third-order valence-electron chi connectivity index (χ3n) is 3.73. The van der Waals surface area contributed by atoms with Gasteiger partial charge in [-0.3, -0.25) is 9.59 Å². The summed E-state index contributed by atoms with van der Waals surface area (Å²) in [5.74, 6) is -1.43. The Hall–Kier alpha value is -1.79. The number of hydrogen-bond acceptors (Lipinski definition) is 3. The van der Waals surface area contributed by atoms with Crippen LogP contribution in [0.15, 0.2) is 0 Å². The monoisotopic (exact) mass is 299 g/mol. The van der Waals surface area contributed by atoms with Crippen molar-refractivity contribution in [2.45, 2.75) is 39.0 Å². The van der Waals surface area contributed by atoms with Crippen LogP contribution in [0.2, 0.25) is 0 Å². The van der Waals surface area contributed by atoms with Gasteiger partial charge in [-0.05, 0) is 25.2 Å². The molecular weight excluding hydrogens is 274 g/mol. The van der Waals surface area contributed by atoms with E-state index in [-0.39, 0.29) is 24.3 Å². The minimum Gasteiger partial charge on any atom is -0.481 e. The van der Waals surface area contributed by atoms with Crippen molar-refractivity contribution in [3.8, 4) is 0 Å². The smallest absolute Gasteiger partial charge is 0.315 e. The van der Waals surface area contributed by atoms with Gasteiger partial charge in [0.05, 0.1) is 12.5 Å². The molecule has 1 saturated carbocycles. The van der Waals surface area contributed by atoms with E-state index in [2.05, 4.69) is 16.0 Å². The lowest BCUT2D eigenvalue weighted by Gasteiger charge is -2.28. The van der Waals surface area contributed by atoms with Gasteiger partial charge < -0.3 is 21.1 Å². The third kappa shape index (κ3) is 6.46. The highest BCUT2D eigenvalue weighted by atomic mass is 16.4. The maximum Gasteiger partial charge on any atom is 0.315 e. The van der Waals surface area contributed by atoms with E-state index in [0.717, 1.165) is 25.7 Å². The van der Waals surface area contributed by atoms with Gasteiger partial charge in [-0.25, -0.2) is 4.79 Å². The number of aliphatic carboxylic acids is 1. The van der Waals surface area contributed by atoms with Gasteiger partial charge in [-0.1, -0.05) is 19.8 Å². The molecule has 7 heteroatoms. The number of rotatable bonds is 7. The lowest BCUT2D eigenvalue weighted by atomic mass is 9.79. The van der Waals surface area contributed by atoms with Gasteiger partial charge in [0.2, 0.25) is 5.91 Å². The highest BCUT2D eigenvalue weighted by Gasteiger charge is 2.30. The quantitative estimate of drug-likeness (QED) is 0.555. The number of carboxylic acids is 1. The van der Waals surface area contributed by atoms with E-state index >= 15 is 0 Å². The van der Waals surface area contributed by atoms with Gasteiger partial charge in [0.25, 0.3) is 0 Å². The van der Waals surface area contributed by atoms with Crippen molar-refractivity contribution in [1.82, 2.24) is 16.0 Å². The molecule has 0 bridgehead atoms. The topological polar surface area (TPSA) is 108 Å². The van der Waals surface area contributed by atoms with Crippen molar-refractivity contribution < 1.29 is 19.5 Å². The maximum atomic E-state index is 11.6. The van der Waals surface area contributed by atoms with Gasteiger partial charge in [0, 0.05) is 13.1 Å². The normalized spacial score (nSPS) is 21.4. The molecule has 0 aliphatic heterocycles. The van der Waals surface area contributed by atoms with Crippen molar-refractivity contribution in [1.29, 1.82) is 0 Å². The lowest BCUT2D eigenvalue weighted by molar-refractivity contribution is -0.144. The van der Waals surface area contributed by atoms with Crippen LogP contribution in [-0.4, -0.2) is 42.6 Å². The molecule has 0 aromatic rings. The summed E-state index contributed by atoms with van der Waals surface area (Å²) in [5, 5.41) is 16.9. The first-order chi connectivity index (χ1) is 10.0. The van der Waals surface area contributed by atoms with Gasteiger partial charge in [-0.2, -0.15) is 0 Å². The Balaban J connectivity index is 2.25. The molecule has 7 nitrogen and oxygen atoms in total. The van der Waals surface area contributed by atoms with Gasteiger partial charge in [0.15, 0.2) is 0 Å². The summed E-state index contributed by atoms with van der Waals surface area (Å²) >= 11 is 0. The Morgan fingerprint density at radius 2 is 1.81 bits per heavy atom. The van der Waals surface area contributed by atoms with E-state index in [1.165, 1.54) is 0 Å². The summed E-state index contributed by atoms with van der Waals surface area (Å²) in [5.41, 5.74) is 0. The van der Waals surface area contributed by atoms with Gasteiger partial charge in [-0.15, -0.1) is 0 Å². The van der Waals surface area contributed by atoms with E-state index in [9.17, 15) is 14.4 Å². The fourth-order valence-electron chi connectivity index (χ4n) is 2.55. The molecule has 0 aromatic heterocycles. The predicted molar refractivity (Wildman–Crippen MR) is 77.8 cm³/mol. The standard InChI is InChI=1S/C14H25N3O4/c1-2-7-15-12(18)9-17-14(21)16-8-10-5-3-4-6-11(10)13(19)20/h10-11H,2-9H2,1H3,(H,15,18)(H,19,20)(H2,16,17,21). The van der Waals surface area contributed by atoms with Crippen molar-refractivity contribution >= 4 is 17.9 Å². The zero-order valence-corrected chi connectivity index (χ0v) is 12.5. The second-order valence-electron chi connectivity index (χ2n) is 5.40. The van der Waals surface area contributed by atoms with Crippen LogP contribution >= 0.6 is 0 Å². The molecule has 1 aliphatic carbocycles. The van der Waals surface area contributed by atoms with E-state index in [1.54, 1.807) is 0 Å². The van der Waals surface area contributed by atoms with Crippen LogP contribution < -0.4 is 16.0 Å². The first-order valence-electron chi connectivity index (χ1n) is 7.55. The van der Waals surface area contributed by atoms with E-state index in [1.807, 2.05) is 6.92 Å². The van der Waals surface area contributed by atoms with E-state index < -0.39 is 12.0 Å². The molecule has 4 N–H and O–H groups in total. The molecule has 0 aromatic carbocycles.